The van der Waals surface area contributed by atoms with Gasteiger partial charge in [0.1, 0.15) is 11.9 Å². The summed E-state index contributed by atoms with van der Waals surface area (Å²) in [5.74, 6) is -2.41. The lowest BCUT2D eigenvalue weighted by molar-refractivity contribution is -0.156. The third kappa shape index (κ3) is 6.68. The van der Waals surface area contributed by atoms with E-state index in [0.29, 0.717) is 23.8 Å². The number of hydrogen-bond acceptors (Lipinski definition) is 3. The molecule has 1 aromatic carbocycles. The van der Waals surface area contributed by atoms with Gasteiger partial charge < -0.3 is 10.5 Å². The van der Waals surface area contributed by atoms with Gasteiger partial charge in [0, 0.05) is 12.1 Å². The van der Waals surface area contributed by atoms with Crippen LogP contribution in [-0.4, -0.2) is 18.1 Å². The topological polar surface area (TPSA) is 52.3 Å². The predicted molar refractivity (Wildman–Crippen MR) is 101 cm³/mol. The third-order valence-electron chi connectivity index (χ3n) is 5.24. The van der Waals surface area contributed by atoms with E-state index in [2.05, 4.69) is 20.8 Å². The van der Waals surface area contributed by atoms with E-state index < -0.39 is 29.5 Å². The summed E-state index contributed by atoms with van der Waals surface area (Å²) in [6.45, 7) is 6.40. The Bertz CT molecular complexity index is 642. The van der Waals surface area contributed by atoms with Crippen LogP contribution in [0.5, 0.6) is 0 Å². The molecule has 154 valence electrons. The fraction of sp³-hybridized carbons (Fsp3) is 0.650. The highest BCUT2D eigenvalue weighted by atomic mass is 35.5. The molecule has 1 saturated carbocycles. The highest BCUT2D eigenvalue weighted by Crippen LogP contribution is 2.35. The van der Waals surface area contributed by atoms with Crippen molar-refractivity contribution >= 4 is 18.4 Å². The summed E-state index contributed by atoms with van der Waals surface area (Å²) in [5, 5.41) is 0. The van der Waals surface area contributed by atoms with Gasteiger partial charge >= 0.3 is 5.97 Å². The smallest absolute Gasteiger partial charge is 0.307 e. The molecular weight excluding hydrogens is 379 g/mol. The molecule has 0 radical (unpaired) electrons. The van der Waals surface area contributed by atoms with Gasteiger partial charge in [-0.05, 0) is 48.6 Å². The molecule has 0 aromatic heterocycles. The molecular formula is C20H29ClF3NO2. The molecule has 0 amide bonds. The van der Waals surface area contributed by atoms with E-state index in [-0.39, 0.29) is 36.9 Å². The van der Waals surface area contributed by atoms with E-state index in [4.69, 9.17) is 10.5 Å². The Kier molecular flexibility index (Phi) is 9.09. The zero-order valence-corrected chi connectivity index (χ0v) is 16.8. The Morgan fingerprint density at radius 1 is 1.19 bits per heavy atom. The van der Waals surface area contributed by atoms with Gasteiger partial charge in [-0.2, -0.15) is 0 Å². The Labute approximate surface area is 165 Å². The molecule has 1 fully saturated rings. The lowest BCUT2D eigenvalue weighted by Gasteiger charge is -2.36. The minimum absolute atomic E-state index is 0. The van der Waals surface area contributed by atoms with E-state index in [1.54, 1.807) is 0 Å². The van der Waals surface area contributed by atoms with Crippen molar-refractivity contribution in [1.82, 2.24) is 0 Å². The van der Waals surface area contributed by atoms with Gasteiger partial charge in [-0.15, -0.1) is 12.4 Å². The van der Waals surface area contributed by atoms with E-state index in [9.17, 15) is 18.0 Å². The summed E-state index contributed by atoms with van der Waals surface area (Å²) >= 11 is 0. The van der Waals surface area contributed by atoms with Crippen molar-refractivity contribution < 1.29 is 22.7 Å². The molecule has 2 N–H and O–H groups in total. The zero-order valence-electron chi connectivity index (χ0n) is 16.0. The number of benzene rings is 1. The van der Waals surface area contributed by atoms with Crippen LogP contribution in [0.3, 0.4) is 0 Å². The first-order chi connectivity index (χ1) is 12.2. The van der Waals surface area contributed by atoms with E-state index in [0.717, 1.165) is 25.3 Å². The molecule has 27 heavy (non-hydrogen) atoms. The lowest BCUT2D eigenvalue weighted by Crippen LogP contribution is -2.37. The van der Waals surface area contributed by atoms with Crippen molar-refractivity contribution in [3.8, 4) is 0 Å². The highest BCUT2D eigenvalue weighted by molar-refractivity contribution is 5.85. The quantitative estimate of drug-likeness (QED) is 0.545. The van der Waals surface area contributed by atoms with Crippen LogP contribution in [0.1, 0.15) is 52.0 Å². The molecule has 0 aliphatic heterocycles. The van der Waals surface area contributed by atoms with Crippen LogP contribution >= 0.6 is 12.4 Å². The highest BCUT2D eigenvalue weighted by Gasteiger charge is 2.33. The second-order valence-electron chi connectivity index (χ2n) is 7.88. The van der Waals surface area contributed by atoms with Crippen LogP contribution in [0, 0.1) is 35.2 Å². The van der Waals surface area contributed by atoms with Crippen molar-refractivity contribution in [3.63, 3.8) is 0 Å². The number of rotatable bonds is 6. The maximum Gasteiger partial charge on any atom is 0.307 e. The number of esters is 1. The fourth-order valence-corrected chi connectivity index (χ4v) is 3.76. The molecule has 4 unspecified atom stereocenters. The number of halogens is 4. The Balaban J connectivity index is 0.00000364. The molecule has 2 rings (SSSR count). The predicted octanol–water partition coefficient (Wildman–Crippen LogP) is 4.79. The number of carbonyl (C=O) groups is 1. The number of nitrogens with two attached hydrogens (primary N) is 1. The first-order valence-corrected chi connectivity index (χ1v) is 9.25. The summed E-state index contributed by atoms with van der Waals surface area (Å²) in [5.41, 5.74) is 5.86. The minimum Gasteiger partial charge on any atom is -0.462 e. The number of carbonyl (C=O) groups excluding carboxylic acids is 1. The minimum atomic E-state index is -1.25. The van der Waals surface area contributed by atoms with Crippen LogP contribution in [0.25, 0.3) is 0 Å². The zero-order chi connectivity index (χ0) is 19.4. The average molecular weight is 408 g/mol. The molecule has 4 atom stereocenters. The summed E-state index contributed by atoms with van der Waals surface area (Å²) < 4.78 is 45.6. The SMILES string of the molecule is CC1CCC(C(C)C)C(OC(=O)CC(N)Cc2cc(F)c(F)cc2F)C1.Cl. The lowest BCUT2D eigenvalue weighted by atomic mass is 9.75. The first kappa shape index (κ1) is 23.8. The molecule has 3 nitrogen and oxygen atoms in total. The van der Waals surface area contributed by atoms with E-state index >= 15 is 0 Å². The standard InChI is InChI=1S/C20H28F3NO2.ClH/c1-11(2)15-5-4-12(3)6-19(15)26-20(25)9-14(24)7-13-8-17(22)18(23)10-16(13)21;/h8,10-12,14-15,19H,4-7,9,24H2,1-3H3;1H. The van der Waals surface area contributed by atoms with Crippen molar-refractivity contribution in [3.05, 3.63) is 35.1 Å². The van der Waals surface area contributed by atoms with Gasteiger partial charge in [-0.25, -0.2) is 13.2 Å². The Morgan fingerprint density at radius 2 is 1.81 bits per heavy atom. The van der Waals surface area contributed by atoms with Gasteiger partial charge in [-0.1, -0.05) is 27.2 Å². The van der Waals surface area contributed by atoms with Crippen molar-refractivity contribution in [2.75, 3.05) is 0 Å². The van der Waals surface area contributed by atoms with Gasteiger partial charge in [0.2, 0.25) is 0 Å². The molecule has 1 aromatic rings. The summed E-state index contributed by atoms with van der Waals surface area (Å²) in [6, 6.07) is 0.556. The molecule has 0 spiro atoms. The van der Waals surface area contributed by atoms with Gasteiger partial charge in [-0.3, -0.25) is 4.79 Å². The Morgan fingerprint density at radius 3 is 2.44 bits per heavy atom. The molecule has 1 aliphatic rings. The normalized spacial score (nSPS) is 23.6. The van der Waals surface area contributed by atoms with E-state index in [1.165, 1.54) is 0 Å². The third-order valence-corrected chi connectivity index (χ3v) is 5.24. The summed E-state index contributed by atoms with van der Waals surface area (Å²) in [4.78, 5) is 12.3. The average Bonchev–Trinajstić information content (AvgIpc) is 2.52. The molecule has 0 heterocycles. The Hall–Kier alpha value is -1.27. The maximum absolute atomic E-state index is 13.7. The van der Waals surface area contributed by atoms with Crippen molar-refractivity contribution in [1.29, 1.82) is 0 Å². The monoisotopic (exact) mass is 407 g/mol. The van der Waals surface area contributed by atoms with Crippen LogP contribution in [0.15, 0.2) is 12.1 Å². The summed E-state index contributed by atoms with van der Waals surface area (Å²) in [6.07, 6.45) is 2.72. The maximum atomic E-state index is 13.7. The number of ether oxygens (including phenoxy) is 1. The van der Waals surface area contributed by atoms with Crippen LogP contribution in [0.2, 0.25) is 0 Å². The molecule has 0 saturated heterocycles. The number of hydrogen-bond donors (Lipinski definition) is 1. The molecule has 7 heteroatoms. The van der Waals surface area contributed by atoms with Crippen LogP contribution in [-0.2, 0) is 16.0 Å². The van der Waals surface area contributed by atoms with E-state index in [1.807, 2.05) is 0 Å². The van der Waals surface area contributed by atoms with Gasteiger partial charge in [0.05, 0.1) is 6.42 Å². The summed E-state index contributed by atoms with van der Waals surface area (Å²) in [7, 11) is 0. The second-order valence-corrected chi connectivity index (χ2v) is 7.88. The second kappa shape index (κ2) is 10.3. The van der Waals surface area contributed by atoms with Gasteiger partial charge in [0.15, 0.2) is 11.6 Å². The van der Waals surface area contributed by atoms with Crippen molar-refractivity contribution in [2.24, 2.45) is 23.5 Å². The van der Waals surface area contributed by atoms with Crippen molar-refractivity contribution in [2.45, 2.75) is 65.0 Å². The fourth-order valence-electron chi connectivity index (χ4n) is 3.76. The largest absolute Gasteiger partial charge is 0.462 e. The van der Waals surface area contributed by atoms with Gasteiger partial charge in [0.25, 0.3) is 0 Å². The first-order valence-electron chi connectivity index (χ1n) is 9.25. The molecule has 1 aliphatic carbocycles. The molecule has 0 bridgehead atoms. The van der Waals surface area contributed by atoms with Crippen LogP contribution < -0.4 is 5.73 Å². The van der Waals surface area contributed by atoms with Crippen LogP contribution in [0.4, 0.5) is 13.2 Å².